The van der Waals surface area contributed by atoms with E-state index in [-0.39, 0.29) is 29.0 Å². The van der Waals surface area contributed by atoms with Gasteiger partial charge in [-0.2, -0.15) is 5.10 Å². The lowest BCUT2D eigenvalue weighted by molar-refractivity contribution is -0.117. The fourth-order valence-corrected chi connectivity index (χ4v) is 3.56. The van der Waals surface area contributed by atoms with Gasteiger partial charge in [0.1, 0.15) is 6.33 Å². The van der Waals surface area contributed by atoms with Gasteiger partial charge in [-0.25, -0.2) is 9.67 Å². The zero-order chi connectivity index (χ0) is 24.0. The molecule has 0 atom stereocenters. The third-order valence-electron chi connectivity index (χ3n) is 5.21. The molecule has 158 valence electrons. The van der Waals surface area contributed by atoms with Crippen LogP contribution >= 0.6 is 0 Å². The zero-order valence-electron chi connectivity index (χ0n) is 19.6. The van der Waals surface area contributed by atoms with Crippen molar-refractivity contribution in [1.82, 2.24) is 30.3 Å². The van der Waals surface area contributed by atoms with Crippen LogP contribution in [-0.4, -0.2) is 50.8 Å². The first kappa shape index (κ1) is 15.8. The molecule has 1 aromatic carbocycles. The minimum Gasteiger partial charge on any atom is -0.364 e. The lowest BCUT2D eigenvalue weighted by atomic mass is 10.1. The molecule has 3 N–H and O–H groups in total. The lowest BCUT2D eigenvalue weighted by Crippen LogP contribution is -2.27. The summed E-state index contributed by atoms with van der Waals surface area (Å²) in [6.07, 6.45) is 3.11. The first-order valence-corrected chi connectivity index (χ1v) is 9.71. The molecule has 1 saturated carbocycles. The van der Waals surface area contributed by atoms with Gasteiger partial charge < -0.3 is 20.9 Å². The molecule has 0 saturated heterocycles. The number of fused-ring (bicyclic) bond motifs is 3. The SMILES string of the molecule is [2H]C([2H])([2H])NC(=O)c1nnc(NC(=O)C2CC2)cc1Nc1cccc2c1N(C)Cc1ncnn1-2. The van der Waals surface area contributed by atoms with E-state index in [1.54, 1.807) is 4.68 Å². The molecule has 5 rings (SSSR count). The number of amides is 2. The van der Waals surface area contributed by atoms with Crippen molar-refractivity contribution in [3.8, 4) is 5.69 Å². The van der Waals surface area contributed by atoms with Crippen LogP contribution in [0.4, 0.5) is 22.9 Å². The number of hydrogen-bond donors (Lipinski definition) is 3. The second-order valence-corrected chi connectivity index (χ2v) is 7.45. The lowest BCUT2D eigenvalue weighted by Gasteiger charge is -2.29. The summed E-state index contributed by atoms with van der Waals surface area (Å²) in [6.45, 7) is -2.19. The first-order chi connectivity index (χ1) is 16.2. The van der Waals surface area contributed by atoms with Crippen LogP contribution in [0.3, 0.4) is 0 Å². The molecule has 1 aliphatic heterocycles. The molecule has 31 heavy (non-hydrogen) atoms. The molecule has 2 aromatic heterocycles. The van der Waals surface area contributed by atoms with Crippen molar-refractivity contribution in [3.05, 3.63) is 42.1 Å². The maximum atomic E-state index is 12.7. The Balaban J connectivity index is 1.54. The quantitative estimate of drug-likeness (QED) is 0.563. The third kappa shape index (κ3) is 3.43. The van der Waals surface area contributed by atoms with Gasteiger partial charge in [0.25, 0.3) is 5.91 Å². The second kappa shape index (κ2) is 7.35. The summed E-state index contributed by atoms with van der Waals surface area (Å²) in [6, 6.07) is 6.98. The molecule has 3 heterocycles. The molecule has 0 unspecified atom stereocenters. The molecule has 11 nitrogen and oxygen atoms in total. The fourth-order valence-electron chi connectivity index (χ4n) is 3.56. The fraction of sp³-hybridized carbons (Fsp3) is 0.300. The van der Waals surface area contributed by atoms with E-state index in [0.717, 1.165) is 30.0 Å². The van der Waals surface area contributed by atoms with Crippen molar-refractivity contribution in [2.45, 2.75) is 19.4 Å². The van der Waals surface area contributed by atoms with E-state index >= 15 is 0 Å². The van der Waals surface area contributed by atoms with Crippen LogP contribution in [0.5, 0.6) is 0 Å². The number of aromatic nitrogens is 5. The van der Waals surface area contributed by atoms with Crippen molar-refractivity contribution in [1.29, 1.82) is 0 Å². The van der Waals surface area contributed by atoms with Crippen molar-refractivity contribution in [3.63, 3.8) is 0 Å². The van der Waals surface area contributed by atoms with E-state index < -0.39 is 12.9 Å². The Morgan fingerprint density at radius 2 is 2.10 bits per heavy atom. The summed E-state index contributed by atoms with van der Waals surface area (Å²) in [4.78, 5) is 31.1. The Bertz CT molecular complexity index is 1290. The molecule has 2 amide bonds. The Morgan fingerprint density at radius 3 is 2.90 bits per heavy atom. The number of hydrogen-bond acceptors (Lipinski definition) is 8. The van der Waals surface area contributed by atoms with Gasteiger partial charge in [-0.1, -0.05) is 6.07 Å². The summed E-state index contributed by atoms with van der Waals surface area (Å²) in [5.41, 5.74) is 2.16. The highest BCUT2D eigenvalue weighted by Gasteiger charge is 2.30. The van der Waals surface area contributed by atoms with E-state index in [1.807, 2.05) is 35.5 Å². The number of anilines is 4. The Kier molecular flexibility index (Phi) is 3.74. The number of carbonyl (C=O) groups excluding carboxylic acids is 2. The van der Waals surface area contributed by atoms with Crippen LogP contribution in [0.15, 0.2) is 30.6 Å². The number of carbonyl (C=O) groups is 2. The van der Waals surface area contributed by atoms with Crippen LogP contribution in [0.25, 0.3) is 5.69 Å². The van der Waals surface area contributed by atoms with E-state index in [1.165, 1.54) is 12.4 Å². The van der Waals surface area contributed by atoms with Gasteiger partial charge in [0, 0.05) is 30.1 Å². The predicted molar refractivity (Wildman–Crippen MR) is 114 cm³/mol. The Labute approximate surface area is 182 Å². The summed E-state index contributed by atoms with van der Waals surface area (Å²) >= 11 is 0. The van der Waals surface area contributed by atoms with Gasteiger partial charge in [0.15, 0.2) is 17.3 Å². The molecule has 0 spiro atoms. The Morgan fingerprint density at radius 1 is 1.23 bits per heavy atom. The summed E-state index contributed by atoms with van der Waals surface area (Å²) in [5.74, 6) is -0.215. The molecular weight excluding hydrogens is 398 g/mol. The average Bonchev–Trinajstić information content (AvgIpc) is 3.51. The van der Waals surface area contributed by atoms with E-state index in [0.29, 0.717) is 12.2 Å². The van der Waals surface area contributed by atoms with Crippen LogP contribution in [0, 0.1) is 5.92 Å². The number of rotatable bonds is 5. The third-order valence-corrected chi connectivity index (χ3v) is 5.21. The van der Waals surface area contributed by atoms with Crippen molar-refractivity contribution in [2.24, 2.45) is 5.92 Å². The van der Waals surface area contributed by atoms with Gasteiger partial charge in [0.05, 0.1) is 29.3 Å². The first-order valence-electron chi connectivity index (χ1n) is 11.2. The summed E-state index contributed by atoms with van der Waals surface area (Å²) in [7, 11) is 1.90. The monoisotopic (exact) mass is 422 g/mol. The van der Waals surface area contributed by atoms with Crippen LogP contribution < -0.4 is 20.9 Å². The number of nitrogens with one attached hydrogen (secondary N) is 3. The van der Waals surface area contributed by atoms with Crippen molar-refractivity contribution in [2.75, 3.05) is 29.6 Å². The van der Waals surface area contributed by atoms with E-state index in [4.69, 9.17) is 4.11 Å². The molecule has 1 aliphatic carbocycles. The highest BCUT2D eigenvalue weighted by atomic mass is 16.2. The smallest absolute Gasteiger partial charge is 0.273 e. The van der Waals surface area contributed by atoms with Gasteiger partial charge in [0.2, 0.25) is 5.91 Å². The average molecular weight is 422 g/mol. The number of para-hydroxylation sites is 1. The van der Waals surface area contributed by atoms with Crippen LogP contribution in [0.1, 0.15) is 33.3 Å². The highest BCUT2D eigenvalue weighted by Crippen LogP contribution is 2.38. The molecule has 11 heteroatoms. The van der Waals surface area contributed by atoms with E-state index in [9.17, 15) is 9.59 Å². The van der Waals surface area contributed by atoms with Gasteiger partial charge in [-0.05, 0) is 25.0 Å². The van der Waals surface area contributed by atoms with Gasteiger partial charge in [-0.3, -0.25) is 9.59 Å². The molecule has 2 aliphatic rings. The molecule has 0 radical (unpaired) electrons. The minimum absolute atomic E-state index is 0.0524. The van der Waals surface area contributed by atoms with Crippen LogP contribution in [0.2, 0.25) is 0 Å². The maximum Gasteiger partial charge on any atom is 0.273 e. The topological polar surface area (TPSA) is 130 Å². The number of benzene rings is 1. The molecule has 1 fully saturated rings. The van der Waals surface area contributed by atoms with Crippen molar-refractivity contribution >= 4 is 34.7 Å². The zero-order valence-corrected chi connectivity index (χ0v) is 16.6. The summed E-state index contributed by atoms with van der Waals surface area (Å²) < 4.78 is 23.8. The normalized spacial score (nSPS) is 16.3. The highest BCUT2D eigenvalue weighted by molar-refractivity contribution is 6.00. The molecule has 0 bridgehead atoms. The maximum absolute atomic E-state index is 12.7. The van der Waals surface area contributed by atoms with Crippen LogP contribution in [-0.2, 0) is 11.3 Å². The van der Waals surface area contributed by atoms with Gasteiger partial charge >= 0.3 is 0 Å². The standard InChI is InChI=1S/C20H21N9O2/c1-21-20(31)17-13(8-15(26-27-17)25-19(30)11-6-7-11)24-12-4-3-5-14-18(12)28(2)9-16-22-10-23-29(14)16/h3-5,8,10-11H,6-7,9H2,1-2H3,(H,21,31)(H2,24,25,26,30)/i1D3. The molecular formula is C20H21N9O2. The minimum atomic E-state index is -2.70. The van der Waals surface area contributed by atoms with Gasteiger partial charge in [-0.15, -0.1) is 10.2 Å². The summed E-state index contributed by atoms with van der Waals surface area (Å²) in [5, 5.41) is 19.9. The van der Waals surface area contributed by atoms with Crippen molar-refractivity contribution < 1.29 is 13.7 Å². The second-order valence-electron chi connectivity index (χ2n) is 7.45. The van der Waals surface area contributed by atoms with E-state index in [2.05, 4.69) is 30.9 Å². The largest absolute Gasteiger partial charge is 0.364 e. The Hall–Kier alpha value is -4.02. The molecule has 3 aromatic rings. The number of nitrogens with zero attached hydrogens (tertiary/aromatic N) is 6. The predicted octanol–water partition coefficient (Wildman–Crippen LogP) is 1.46.